The van der Waals surface area contributed by atoms with Crippen LogP contribution in [-0.4, -0.2) is 30.5 Å². The van der Waals surface area contributed by atoms with Crippen LogP contribution < -0.4 is 10.6 Å². The summed E-state index contributed by atoms with van der Waals surface area (Å²) in [5.74, 6) is -0.332. The molecule has 1 aromatic rings. The van der Waals surface area contributed by atoms with Crippen molar-refractivity contribution in [3.63, 3.8) is 0 Å². The first-order chi connectivity index (χ1) is 8.90. The lowest BCUT2D eigenvalue weighted by Crippen LogP contribution is -2.48. The Morgan fingerprint density at radius 1 is 1.58 bits per heavy atom. The molecule has 0 fully saturated rings. The number of urea groups is 1. The number of nitrogens with zero attached hydrogens (tertiary/aromatic N) is 2. The van der Waals surface area contributed by atoms with E-state index in [2.05, 4.69) is 6.58 Å². The van der Waals surface area contributed by atoms with Crippen molar-refractivity contribution >= 4 is 29.3 Å². The van der Waals surface area contributed by atoms with Gasteiger partial charge in [0, 0.05) is 13.6 Å². The molecule has 2 amide bonds. The average Bonchev–Trinajstić information content (AvgIpc) is 2.34. The number of benzene rings is 1. The molecule has 0 saturated heterocycles. The van der Waals surface area contributed by atoms with Crippen LogP contribution in [0.5, 0.6) is 0 Å². The van der Waals surface area contributed by atoms with E-state index in [0.29, 0.717) is 10.7 Å². The van der Waals surface area contributed by atoms with Gasteiger partial charge in [0.05, 0.1) is 10.7 Å². The van der Waals surface area contributed by atoms with Crippen molar-refractivity contribution in [2.24, 2.45) is 5.73 Å². The summed E-state index contributed by atoms with van der Waals surface area (Å²) in [4.78, 5) is 14.8. The fourth-order valence-corrected chi connectivity index (χ4v) is 2.08. The number of carbonyl (C=O) groups excluding carboxylic acids is 1. The van der Waals surface area contributed by atoms with Gasteiger partial charge in [0.1, 0.15) is 0 Å². The number of nitrogens with two attached hydrogens (primary N) is 1. The van der Waals surface area contributed by atoms with Crippen molar-refractivity contribution < 1.29 is 4.79 Å². The van der Waals surface area contributed by atoms with Crippen molar-refractivity contribution in [1.82, 2.24) is 4.90 Å². The Balaban J connectivity index is 3.11. The molecule has 1 aromatic carbocycles. The van der Waals surface area contributed by atoms with E-state index in [9.17, 15) is 4.79 Å². The lowest BCUT2D eigenvalue weighted by atomic mass is 10.2. The Hall–Kier alpha value is -2.01. The number of guanidine groups is 1. The summed E-state index contributed by atoms with van der Waals surface area (Å²) in [6, 6.07) is 4.95. The highest BCUT2D eigenvalue weighted by atomic mass is 35.5. The molecule has 0 heterocycles. The van der Waals surface area contributed by atoms with Crippen molar-refractivity contribution in [3.05, 3.63) is 41.4 Å². The summed E-state index contributed by atoms with van der Waals surface area (Å²) in [5.41, 5.74) is 6.86. The number of hydrogen-bond acceptors (Lipinski definition) is 2. The van der Waals surface area contributed by atoms with Gasteiger partial charge in [0.25, 0.3) is 0 Å². The predicted octanol–water partition coefficient (Wildman–Crippen LogP) is 2.59. The molecule has 0 aromatic heterocycles. The van der Waals surface area contributed by atoms with Crippen LogP contribution in [0.25, 0.3) is 0 Å². The molecule has 1 rings (SSSR count). The summed E-state index contributed by atoms with van der Waals surface area (Å²) in [6.07, 6.45) is 1.51. The highest BCUT2D eigenvalue weighted by Gasteiger charge is 2.22. The Morgan fingerprint density at radius 2 is 2.21 bits per heavy atom. The van der Waals surface area contributed by atoms with Crippen molar-refractivity contribution in [3.8, 4) is 0 Å². The zero-order valence-electron chi connectivity index (χ0n) is 11.0. The second-order valence-corrected chi connectivity index (χ2v) is 4.44. The largest absolute Gasteiger partial charge is 0.370 e. The van der Waals surface area contributed by atoms with E-state index in [1.165, 1.54) is 11.0 Å². The minimum absolute atomic E-state index is 0.169. The van der Waals surface area contributed by atoms with Gasteiger partial charge in [0.15, 0.2) is 5.96 Å². The maximum absolute atomic E-state index is 12.3. The number of para-hydroxylation sites is 1. The summed E-state index contributed by atoms with van der Waals surface area (Å²) in [5, 5.41) is 7.89. The average molecular weight is 281 g/mol. The molecule has 6 heteroatoms. The van der Waals surface area contributed by atoms with Gasteiger partial charge in [-0.05, 0) is 18.6 Å². The summed E-state index contributed by atoms with van der Waals surface area (Å²) < 4.78 is 0. The van der Waals surface area contributed by atoms with Crippen molar-refractivity contribution in [1.29, 1.82) is 5.41 Å². The van der Waals surface area contributed by atoms with E-state index >= 15 is 0 Å². The molecule has 0 bridgehead atoms. The van der Waals surface area contributed by atoms with E-state index in [-0.39, 0.29) is 12.5 Å². The number of halogens is 1. The highest BCUT2D eigenvalue weighted by molar-refractivity contribution is 6.34. The Kier molecular flexibility index (Phi) is 4.94. The molecule has 0 aliphatic carbocycles. The molecule has 102 valence electrons. The number of rotatable bonds is 3. The maximum atomic E-state index is 12.3. The van der Waals surface area contributed by atoms with Gasteiger partial charge in [-0.1, -0.05) is 29.8 Å². The van der Waals surface area contributed by atoms with E-state index in [4.69, 9.17) is 22.7 Å². The van der Waals surface area contributed by atoms with Crippen LogP contribution >= 0.6 is 11.6 Å². The summed E-state index contributed by atoms with van der Waals surface area (Å²) in [6.45, 7) is 5.57. The van der Waals surface area contributed by atoms with E-state index < -0.39 is 6.03 Å². The Bertz CT molecular complexity index is 495. The molecule has 0 atom stereocenters. The summed E-state index contributed by atoms with van der Waals surface area (Å²) >= 11 is 6.11. The monoisotopic (exact) mass is 280 g/mol. The molecule has 0 spiro atoms. The van der Waals surface area contributed by atoms with Gasteiger partial charge in [0.2, 0.25) is 0 Å². The maximum Gasteiger partial charge on any atom is 0.331 e. The zero-order valence-corrected chi connectivity index (χ0v) is 11.7. The van der Waals surface area contributed by atoms with Crippen LogP contribution in [0.1, 0.15) is 5.56 Å². The normalized spacial score (nSPS) is 9.84. The van der Waals surface area contributed by atoms with Gasteiger partial charge in [-0.3, -0.25) is 15.2 Å². The van der Waals surface area contributed by atoms with Crippen LogP contribution in [0.4, 0.5) is 10.5 Å². The SMILES string of the molecule is C=CCN(C(=N)N)C(=O)N(C)c1c(C)cccc1Cl. The first-order valence-corrected chi connectivity index (χ1v) is 6.03. The molecule has 19 heavy (non-hydrogen) atoms. The quantitative estimate of drug-likeness (QED) is 0.507. The molecular weight excluding hydrogens is 264 g/mol. The fraction of sp³-hybridized carbons (Fsp3) is 0.231. The predicted molar refractivity (Wildman–Crippen MR) is 78.8 cm³/mol. The number of hydrogen-bond donors (Lipinski definition) is 2. The molecular formula is C13H17ClN4O. The molecule has 0 radical (unpaired) electrons. The highest BCUT2D eigenvalue weighted by Crippen LogP contribution is 2.29. The van der Waals surface area contributed by atoms with E-state index in [0.717, 1.165) is 10.5 Å². The second kappa shape index (κ2) is 6.24. The van der Waals surface area contributed by atoms with Gasteiger partial charge < -0.3 is 5.73 Å². The number of aryl methyl sites for hydroxylation is 1. The molecule has 3 N–H and O–H groups in total. The Labute approximate surface area is 117 Å². The third-order valence-corrected chi connectivity index (χ3v) is 2.95. The molecule has 0 aliphatic heterocycles. The number of amides is 2. The lowest BCUT2D eigenvalue weighted by molar-refractivity contribution is 0.230. The van der Waals surface area contributed by atoms with Crippen molar-refractivity contribution in [2.75, 3.05) is 18.5 Å². The lowest BCUT2D eigenvalue weighted by Gasteiger charge is -2.27. The minimum Gasteiger partial charge on any atom is -0.370 e. The number of anilines is 1. The van der Waals surface area contributed by atoms with Gasteiger partial charge in [-0.15, -0.1) is 6.58 Å². The van der Waals surface area contributed by atoms with E-state index in [1.807, 2.05) is 19.1 Å². The third-order valence-electron chi connectivity index (χ3n) is 2.64. The van der Waals surface area contributed by atoms with Crippen LogP contribution in [0, 0.1) is 12.3 Å². The summed E-state index contributed by atoms with van der Waals surface area (Å²) in [7, 11) is 1.59. The van der Waals surface area contributed by atoms with Crippen LogP contribution in [0.15, 0.2) is 30.9 Å². The molecule has 0 unspecified atom stereocenters. The molecule has 5 nitrogen and oxygen atoms in total. The minimum atomic E-state index is -0.427. The van der Waals surface area contributed by atoms with Crippen LogP contribution in [0.3, 0.4) is 0 Å². The van der Waals surface area contributed by atoms with Gasteiger partial charge in [-0.25, -0.2) is 4.79 Å². The number of nitrogens with one attached hydrogen (secondary N) is 1. The first-order valence-electron chi connectivity index (χ1n) is 5.65. The molecule has 0 aliphatic rings. The van der Waals surface area contributed by atoms with Gasteiger partial charge in [-0.2, -0.15) is 0 Å². The van der Waals surface area contributed by atoms with Crippen molar-refractivity contribution in [2.45, 2.75) is 6.92 Å². The smallest absolute Gasteiger partial charge is 0.331 e. The van der Waals surface area contributed by atoms with Crippen LogP contribution in [0.2, 0.25) is 5.02 Å². The first kappa shape index (κ1) is 15.0. The second-order valence-electron chi connectivity index (χ2n) is 4.03. The third kappa shape index (κ3) is 3.26. The number of carbonyl (C=O) groups is 1. The van der Waals surface area contributed by atoms with Crippen LogP contribution in [-0.2, 0) is 0 Å². The fourth-order valence-electron chi connectivity index (χ4n) is 1.73. The topological polar surface area (TPSA) is 73.4 Å². The zero-order chi connectivity index (χ0) is 14.6. The van der Waals surface area contributed by atoms with Gasteiger partial charge >= 0.3 is 6.03 Å². The standard InChI is InChI=1S/C13H17ClN4O/c1-4-8-18(12(15)16)13(19)17(3)11-9(2)6-5-7-10(11)14/h4-7H,1,8H2,2-3H3,(H3,15,16). The van der Waals surface area contributed by atoms with E-state index in [1.54, 1.807) is 13.1 Å². The Morgan fingerprint density at radius 3 is 2.68 bits per heavy atom. The molecule has 0 saturated carbocycles.